The zero-order valence-electron chi connectivity index (χ0n) is 14.1. The number of aryl methyl sites for hydroxylation is 1. The third-order valence-electron chi connectivity index (χ3n) is 3.48. The summed E-state index contributed by atoms with van der Waals surface area (Å²) < 4.78 is 5.08. The Bertz CT molecular complexity index is 833. The molecule has 0 atom stereocenters. The molecule has 3 aromatic rings. The Balaban J connectivity index is 1.58. The Morgan fingerprint density at radius 1 is 1.16 bits per heavy atom. The van der Waals surface area contributed by atoms with Crippen LogP contribution in [0.3, 0.4) is 0 Å². The van der Waals surface area contributed by atoms with Crippen molar-refractivity contribution >= 4 is 17.4 Å². The van der Waals surface area contributed by atoms with Crippen LogP contribution in [0.4, 0.5) is 5.82 Å². The molecule has 0 bridgehead atoms. The van der Waals surface area contributed by atoms with Crippen LogP contribution in [0.25, 0.3) is 11.4 Å². The molecule has 1 aromatic carbocycles. The summed E-state index contributed by atoms with van der Waals surface area (Å²) >= 11 is 5.90. The highest BCUT2D eigenvalue weighted by atomic mass is 35.5. The third kappa shape index (κ3) is 4.74. The van der Waals surface area contributed by atoms with Crippen LogP contribution in [-0.2, 0) is 17.8 Å². The number of nitrogens with one attached hydrogen (secondary N) is 2. The molecule has 0 aliphatic carbocycles. The molecule has 0 fully saturated rings. The van der Waals surface area contributed by atoms with Crippen LogP contribution in [0.5, 0.6) is 0 Å². The number of hydrogen-bond acceptors (Lipinski definition) is 6. The summed E-state index contributed by atoms with van der Waals surface area (Å²) in [5, 5.41) is 11.2. The van der Waals surface area contributed by atoms with Gasteiger partial charge in [-0.15, -0.1) is 0 Å². The molecule has 7 nitrogen and oxygen atoms in total. The monoisotopic (exact) mass is 358 g/mol. The maximum atomic E-state index is 5.90. The molecule has 0 aliphatic heterocycles. The number of ether oxygens (including phenoxy) is 1. The van der Waals surface area contributed by atoms with E-state index in [9.17, 15) is 0 Å². The fraction of sp³-hybridized carbons (Fsp3) is 0.294. The van der Waals surface area contributed by atoms with Gasteiger partial charge in [0.05, 0.1) is 0 Å². The van der Waals surface area contributed by atoms with Crippen molar-refractivity contribution in [2.24, 2.45) is 0 Å². The van der Waals surface area contributed by atoms with Crippen LogP contribution >= 0.6 is 11.6 Å². The maximum Gasteiger partial charge on any atom is 0.181 e. The fourth-order valence-electron chi connectivity index (χ4n) is 2.36. The summed E-state index contributed by atoms with van der Waals surface area (Å²) in [6.45, 7) is 3.00. The van der Waals surface area contributed by atoms with Crippen molar-refractivity contribution in [2.75, 3.05) is 19.0 Å². The van der Waals surface area contributed by atoms with Gasteiger partial charge in [0.2, 0.25) is 0 Å². The van der Waals surface area contributed by atoms with Gasteiger partial charge in [-0.25, -0.2) is 15.0 Å². The molecule has 2 heterocycles. The first-order valence-corrected chi connectivity index (χ1v) is 8.26. The first-order valence-electron chi connectivity index (χ1n) is 7.88. The van der Waals surface area contributed by atoms with E-state index < -0.39 is 0 Å². The van der Waals surface area contributed by atoms with Crippen LogP contribution in [0.15, 0.2) is 30.3 Å². The lowest BCUT2D eigenvalue weighted by Crippen LogP contribution is -2.10. The second-order valence-electron chi connectivity index (χ2n) is 5.53. The minimum Gasteiger partial charge on any atom is -0.377 e. The number of aromatic nitrogens is 5. The maximum absolute atomic E-state index is 5.90. The van der Waals surface area contributed by atoms with Gasteiger partial charge >= 0.3 is 0 Å². The van der Waals surface area contributed by atoms with Crippen LogP contribution in [0, 0.1) is 6.92 Å². The molecule has 130 valence electrons. The number of hydrogen-bond donors (Lipinski definition) is 2. The number of methoxy groups -OCH3 is 1. The van der Waals surface area contributed by atoms with Gasteiger partial charge in [0.15, 0.2) is 11.6 Å². The Morgan fingerprint density at radius 3 is 2.72 bits per heavy atom. The molecule has 0 saturated heterocycles. The first-order chi connectivity index (χ1) is 12.1. The summed E-state index contributed by atoms with van der Waals surface area (Å²) in [6.07, 6.45) is 0.698. The lowest BCUT2D eigenvalue weighted by atomic mass is 10.2. The molecule has 0 saturated carbocycles. The van der Waals surface area contributed by atoms with Crippen molar-refractivity contribution in [3.05, 3.63) is 52.7 Å². The van der Waals surface area contributed by atoms with E-state index in [2.05, 4.69) is 30.5 Å². The van der Waals surface area contributed by atoms with Gasteiger partial charge in [0.1, 0.15) is 18.2 Å². The summed E-state index contributed by atoms with van der Waals surface area (Å²) in [6, 6.07) is 9.34. The Labute approximate surface area is 150 Å². The molecule has 0 spiro atoms. The number of anilines is 1. The van der Waals surface area contributed by atoms with E-state index in [1.165, 1.54) is 0 Å². The van der Waals surface area contributed by atoms with Gasteiger partial charge in [0, 0.05) is 42.4 Å². The van der Waals surface area contributed by atoms with E-state index >= 15 is 0 Å². The number of rotatable bonds is 7. The molecule has 2 N–H and O–H groups in total. The van der Waals surface area contributed by atoms with E-state index in [0.717, 1.165) is 22.9 Å². The minimum atomic E-state index is 0.392. The predicted molar refractivity (Wildman–Crippen MR) is 96.5 cm³/mol. The highest BCUT2D eigenvalue weighted by Crippen LogP contribution is 2.17. The first kappa shape index (κ1) is 17.3. The van der Waals surface area contributed by atoms with E-state index in [-0.39, 0.29) is 0 Å². The van der Waals surface area contributed by atoms with Crippen molar-refractivity contribution in [3.8, 4) is 11.4 Å². The van der Waals surface area contributed by atoms with Crippen molar-refractivity contribution in [2.45, 2.75) is 20.0 Å². The zero-order chi connectivity index (χ0) is 17.6. The standard InChI is InChI=1S/C17H19ClN6O/c1-11-9-15(21-16(20-11)10-25-2)19-8-7-14-22-17(24-23-14)12-3-5-13(18)6-4-12/h3-6,9H,7-8,10H2,1-2H3,(H,19,20,21)(H,22,23,24). The van der Waals surface area contributed by atoms with E-state index in [4.69, 9.17) is 16.3 Å². The predicted octanol–water partition coefficient (Wildman–Crippen LogP) is 3.02. The van der Waals surface area contributed by atoms with Gasteiger partial charge < -0.3 is 10.1 Å². The third-order valence-corrected chi connectivity index (χ3v) is 3.73. The van der Waals surface area contributed by atoms with Crippen LogP contribution < -0.4 is 5.32 Å². The van der Waals surface area contributed by atoms with Crippen LogP contribution in [0.1, 0.15) is 17.3 Å². The van der Waals surface area contributed by atoms with Crippen LogP contribution in [-0.4, -0.2) is 38.8 Å². The number of halogens is 1. The lowest BCUT2D eigenvalue weighted by molar-refractivity contribution is 0.177. The lowest BCUT2D eigenvalue weighted by Gasteiger charge is -2.07. The molecular formula is C17H19ClN6O. The topological polar surface area (TPSA) is 88.6 Å². The quantitative estimate of drug-likeness (QED) is 0.675. The van der Waals surface area contributed by atoms with Crippen molar-refractivity contribution in [3.63, 3.8) is 0 Å². The molecule has 3 rings (SSSR count). The Morgan fingerprint density at radius 2 is 1.96 bits per heavy atom. The summed E-state index contributed by atoms with van der Waals surface area (Å²) in [5.74, 6) is 2.90. The van der Waals surface area contributed by atoms with E-state index in [1.54, 1.807) is 7.11 Å². The molecule has 0 unspecified atom stereocenters. The molecular weight excluding hydrogens is 340 g/mol. The van der Waals surface area contributed by atoms with Gasteiger partial charge in [-0.05, 0) is 31.2 Å². The smallest absolute Gasteiger partial charge is 0.181 e. The number of aromatic amines is 1. The largest absolute Gasteiger partial charge is 0.377 e. The van der Waals surface area contributed by atoms with E-state index in [0.29, 0.717) is 36.2 Å². The molecule has 0 radical (unpaired) electrons. The summed E-state index contributed by atoms with van der Waals surface area (Å²) in [7, 11) is 1.63. The van der Waals surface area contributed by atoms with Crippen molar-refractivity contribution < 1.29 is 4.74 Å². The minimum absolute atomic E-state index is 0.392. The van der Waals surface area contributed by atoms with Crippen LogP contribution in [0.2, 0.25) is 5.02 Å². The van der Waals surface area contributed by atoms with Crippen molar-refractivity contribution in [1.82, 2.24) is 25.1 Å². The van der Waals surface area contributed by atoms with Gasteiger partial charge in [-0.3, -0.25) is 5.10 Å². The second-order valence-corrected chi connectivity index (χ2v) is 5.97. The van der Waals surface area contributed by atoms with Gasteiger partial charge in [-0.1, -0.05) is 11.6 Å². The van der Waals surface area contributed by atoms with Gasteiger partial charge in [-0.2, -0.15) is 5.10 Å². The van der Waals surface area contributed by atoms with Gasteiger partial charge in [0.25, 0.3) is 0 Å². The molecule has 0 amide bonds. The fourth-order valence-corrected chi connectivity index (χ4v) is 2.48. The molecule has 25 heavy (non-hydrogen) atoms. The Kier molecular flexibility index (Phi) is 5.57. The number of benzene rings is 1. The molecule has 8 heteroatoms. The summed E-state index contributed by atoms with van der Waals surface area (Å²) in [5.41, 5.74) is 1.82. The molecule has 2 aromatic heterocycles. The zero-order valence-corrected chi connectivity index (χ0v) is 14.8. The van der Waals surface area contributed by atoms with E-state index in [1.807, 2.05) is 37.3 Å². The normalized spacial score (nSPS) is 10.8. The average Bonchev–Trinajstić information content (AvgIpc) is 3.04. The Hall–Kier alpha value is -2.51. The van der Waals surface area contributed by atoms with Crippen molar-refractivity contribution in [1.29, 1.82) is 0 Å². The average molecular weight is 359 g/mol. The highest BCUT2D eigenvalue weighted by Gasteiger charge is 2.07. The SMILES string of the molecule is COCc1nc(C)cc(NCCc2nc(-c3ccc(Cl)cc3)n[nH]2)n1. The number of nitrogens with zero attached hydrogens (tertiary/aromatic N) is 4. The number of H-pyrrole nitrogens is 1. The second kappa shape index (κ2) is 8.04. The summed E-state index contributed by atoms with van der Waals surface area (Å²) in [4.78, 5) is 13.2. The molecule has 0 aliphatic rings. The highest BCUT2D eigenvalue weighted by molar-refractivity contribution is 6.30.